The summed E-state index contributed by atoms with van der Waals surface area (Å²) in [5, 5.41) is 10.0. The summed E-state index contributed by atoms with van der Waals surface area (Å²) in [5.74, 6) is 2.66. The molecule has 3 N–H and O–H groups in total. The Balaban J connectivity index is 1.45. The van der Waals surface area contributed by atoms with Gasteiger partial charge in [0.05, 0.1) is 27.5 Å². The van der Waals surface area contributed by atoms with E-state index in [0.717, 1.165) is 6.42 Å². The van der Waals surface area contributed by atoms with Crippen LogP contribution in [0.15, 0.2) is 60.8 Å². The number of hydrogen-bond acceptors (Lipinski definition) is 8. The Kier molecular flexibility index (Phi) is 7.74. The van der Waals surface area contributed by atoms with Crippen LogP contribution in [0.1, 0.15) is 5.56 Å². The molecule has 9 nitrogen and oxygen atoms in total. The SMILES string of the molecule is COc1cc(Nc2cnc3ccc(NC(=S)NCCc4ccccc4)nc3n2)cc(OC)c1OC. The highest BCUT2D eigenvalue weighted by Gasteiger charge is 2.14. The molecule has 0 fully saturated rings. The van der Waals surface area contributed by atoms with Crippen LogP contribution in [0.4, 0.5) is 17.3 Å². The molecule has 0 atom stereocenters. The zero-order valence-corrected chi connectivity index (χ0v) is 20.5. The van der Waals surface area contributed by atoms with Crippen molar-refractivity contribution in [2.24, 2.45) is 0 Å². The van der Waals surface area contributed by atoms with Crippen molar-refractivity contribution in [2.45, 2.75) is 6.42 Å². The highest BCUT2D eigenvalue weighted by molar-refractivity contribution is 7.80. The number of thiocarbonyl (C=S) groups is 1. The lowest BCUT2D eigenvalue weighted by atomic mass is 10.1. The summed E-state index contributed by atoms with van der Waals surface area (Å²) in [5.41, 5.74) is 3.08. The Morgan fingerprint density at radius 2 is 1.60 bits per heavy atom. The maximum atomic E-state index is 5.41. The van der Waals surface area contributed by atoms with Gasteiger partial charge in [-0.15, -0.1) is 0 Å². The van der Waals surface area contributed by atoms with Crippen molar-refractivity contribution in [3.63, 3.8) is 0 Å². The van der Waals surface area contributed by atoms with Gasteiger partial charge >= 0.3 is 0 Å². The molecule has 4 aromatic rings. The van der Waals surface area contributed by atoms with Gasteiger partial charge in [0, 0.05) is 24.4 Å². The van der Waals surface area contributed by atoms with Gasteiger partial charge in [-0.1, -0.05) is 30.3 Å². The first kappa shape index (κ1) is 24.0. The molecule has 0 saturated carbocycles. The number of aromatic nitrogens is 3. The van der Waals surface area contributed by atoms with Crippen LogP contribution in [0, 0.1) is 0 Å². The van der Waals surface area contributed by atoms with Gasteiger partial charge in [-0.3, -0.25) is 0 Å². The van der Waals surface area contributed by atoms with E-state index in [0.29, 0.717) is 57.4 Å². The van der Waals surface area contributed by atoms with Crippen LogP contribution in [0.2, 0.25) is 0 Å². The smallest absolute Gasteiger partial charge is 0.203 e. The normalized spacial score (nSPS) is 10.5. The minimum Gasteiger partial charge on any atom is -0.493 e. The molecule has 2 aromatic heterocycles. The van der Waals surface area contributed by atoms with E-state index in [-0.39, 0.29) is 0 Å². The van der Waals surface area contributed by atoms with Crippen molar-refractivity contribution in [1.29, 1.82) is 0 Å². The van der Waals surface area contributed by atoms with Crippen molar-refractivity contribution in [3.05, 3.63) is 66.4 Å². The second-order valence-electron chi connectivity index (χ2n) is 7.45. The van der Waals surface area contributed by atoms with Gasteiger partial charge in [-0.05, 0) is 36.3 Å². The minimum atomic E-state index is 0.472. The molecule has 0 unspecified atom stereocenters. The molecular weight excluding hydrogens is 464 g/mol. The zero-order valence-electron chi connectivity index (χ0n) is 19.7. The van der Waals surface area contributed by atoms with Gasteiger partial charge in [0.25, 0.3) is 0 Å². The second-order valence-corrected chi connectivity index (χ2v) is 7.86. The summed E-state index contributed by atoms with van der Waals surface area (Å²) in [6, 6.07) is 17.5. The number of rotatable bonds is 9. The van der Waals surface area contributed by atoms with Crippen molar-refractivity contribution in [2.75, 3.05) is 38.5 Å². The third-order valence-corrected chi connectivity index (χ3v) is 5.37. The van der Waals surface area contributed by atoms with Gasteiger partial charge in [-0.2, -0.15) is 0 Å². The Bertz CT molecular complexity index is 1290. The Labute approximate surface area is 208 Å². The number of nitrogens with zero attached hydrogens (tertiary/aromatic N) is 3. The van der Waals surface area contributed by atoms with E-state index in [2.05, 4.69) is 43.0 Å². The average molecular weight is 491 g/mol. The number of nitrogens with one attached hydrogen (secondary N) is 3. The minimum absolute atomic E-state index is 0.472. The monoisotopic (exact) mass is 490 g/mol. The molecule has 35 heavy (non-hydrogen) atoms. The lowest BCUT2D eigenvalue weighted by Gasteiger charge is -2.15. The van der Waals surface area contributed by atoms with Gasteiger partial charge < -0.3 is 30.2 Å². The van der Waals surface area contributed by atoms with Gasteiger partial charge in [0.15, 0.2) is 28.1 Å². The van der Waals surface area contributed by atoms with Crippen LogP contribution in [-0.4, -0.2) is 47.9 Å². The average Bonchev–Trinajstić information content (AvgIpc) is 2.88. The van der Waals surface area contributed by atoms with E-state index < -0.39 is 0 Å². The zero-order chi connectivity index (χ0) is 24.6. The molecule has 0 aliphatic heterocycles. The number of methoxy groups -OCH3 is 3. The molecule has 2 aromatic carbocycles. The molecule has 0 amide bonds. The highest BCUT2D eigenvalue weighted by Crippen LogP contribution is 2.40. The van der Waals surface area contributed by atoms with Gasteiger partial charge in [0.2, 0.25) is 5.75 Å². The topological polar surface area (TPSA) is 102 Å². The Morgan fingerprint density at radius 3 is 2.29 bits per heavy atom. The Hall–Kier alpha value is -4.18. The number of hydrogen-bond donors (Lipinski definition) is 3. The molecule has 4 rings (SSSR count). The maximum absolute atomic E-state index is 5.41. The summed E-state index contributed by atoms with van der Waals surface area (Å²) < 4.78 is 16.2. The van der Waals surface area contributed by atoms with Crippen molar-refractivity contribution in [1.82, 2.24) is 20.3 Å². The van der Waals surface area contributed by atoms with Gasteiger partial charge in [-0.25, -0.2) is 15.0 Å². The summed E-state index contributed by atoms with van der Waals surface area (Å²) in [6.45, 7) is 0.714. The number of ether oxygens (including phenoxy) is 3. The maximum Gasteiger partial charge on any atom is 0.203 e. The Morgan fingerprint density at radius 1 is 0.886 bits per heavy atom. The van der Waals surface area contributed by atoms with E-state index in [1.807, 2.05) is 30.3 Å². The molecule has 0 saturated heterocycles. The van der Waals surface area contributed by atoms with Crippen LogP contribution in [0.25, 0.3) is 11.2 Å². The second kappa shape index (κ2) is 11.3. The van der Waals surface area contributed by atoms with Crippen LogP contribution in [0.5, 0.6) is 17.2 Å². The first-order chi connectivity index (χ1) is 17.1. The molecule has 180 valence electrons. The van der Waals surface area contributed by atoms with E-state index >= 15 is 0 Å². The molecule has 0 spiro atoms. The molecule has 2 heterocycles. The van der Waals surface area contributed by atoms with E-state index in [4.69, 9.17) is 26.4 Å². The molecular formula is C25H26N6O3S. The number of pyridine rings is 1. The standard InChI is InChI=1S/C25H26N6O3S/c1-32-19-13-17(14-20(33-2)23(19)34-3)28-22-15-27-18-9-10-21(29-24(18)30-22)31-25(35)26-12-11-16-7-5-4-6-8-16/h4-10,13-15H,11-12H2,1-3H3,(H3,26,28,29,30,31,35). The van der Waals surface area contributed by atoms with Gasteiger partial charge in [0.1, 0.15) is 11.3 Å². The van der Waals surface area contributed by atoms with Crippen LogP contribution in [0.3, 0.4) is 0 Å². The molecule has 0 aliphatic carbocycles. The van der Waals surface area contributed by atoms with Crippen LogP contribution < -0.4 is 30.2 Å². The molecule has 0 aliphatic rings. The van der Waals surface area contributed by atoms with E-state index in [1.165, 1.54) is 5.56 Å². The van der Waals surface area contributed by atoms with Crippen molar-refractivity contribution < 1.29 is 14.2 Å². The fourth-order valence-corrected chi connectivity index (χ4v) is 3.66. The third kappa shape index (κ3) is 6.04. The predicted molar refractivity (Wildman–Crippen MR) is 141 cm³/mol. The van der Waals surface area contributed by atoms with Crippen molar-refractivity contribution in [3.8, 4) is 17.2 Å². The summed E-state index contributed by atoms with van der Waals surface area (Å²) in [4.78, 5) is 13.6. The quantitative estimate of drug-likeness (QED) is 0.294. The molecule has 0 radical (unpaired) electrons. The highest BCUT2D eigenvalue weighted by atomic mass is 32.1. The summed E-state index contributed by atoms with van der Waals surface area (Å²) in [7, 11) is 4.69. The van der Waals surface area contributed by atoms with E-state index in [9.17, 15) is 0 Å². The van der Waals surface area contributed by atoms with Crippen LogP contribution in [-0.2, 0) is 6.42 Å². The number of benzene rings is 2. The largest absolute Gasteiger partial charge is 0.493 e. The van der Waals surface area contributed by atoms with Crippen molar-refractivity contribution >= 4 is 45.8 Å². The first-order valence-electron chi connectivity index (χ1n) is 10.9. The summed E-state index contributed by atoms with van der Waals surface area (Å²) in [6.07, 6.45) is 2.51. The lowest BCUT2D eigenvalue weighted by molar-refractivity contribution is 0.324. The fourth-order valence-electron chi connectivity index (χ4n) is 3.45. The number of fused-ring (bicyclic) bond motifs is 1. The fraction of sp³-hybridized carbons (Fsp3) is 0.200. The summed E-state index contributed by atoms with van der Waals surface area (Å²) >= 11 is 5.41. The van der Waals surface area contributed by atoms with E-state index in [1.54, 1.807) is 39.7 Å². The molecule has 10 heteroatoms. The lowest BCUT2D eigenvalue weighted by Crippen LogP contribution is -2.30. The molecule has 0 bridgehead atoms. The van der Waals surface area contributed by atoms with Crippen LogP contribution >= 0.6 is 12.2 Å². The number of anilines is 3. The predicted octanol–water partition coefficient (Wildman–Crippen LogP) is 4.32. The third-order valence-electron chi connectivity index (χ3n) is 5.13. The first-order valence-corrected chi connectivity index (χ1v) is 11.3.